The Morgan fingerprint density at radius 1 is 1.19 bits per heavy atom. The number of aliphatic carboxylic acids is 1. The highest BCUT2D eigenvalue weighted by atomic mass is 16.5. The summed E-state index contributed by atoms with van der Waals surface area (Å²) in [4.78, 5) is 22.6. The van der Waals surface area contributed by atoms with E-state index in [-0.39, 0.29) is 6.54 Å². The van der Waals surface area contributed by atoms with Gasteiger partial charge in [-0.3, -0.25) is 4.79 Å². The van der Waals surface area contributed by atoms with Gasteiger partial charge in [0.05, 0.1) is 20.1 Å². The number of amides is 2. The van der Waals surface area contributed by atoms with Gasteiger partial charge in [0.2, 0.25) is 0 Å². The maximum Gasteiger partial charge on any atom is 0.319 e. The summed E-state index contributed by atoms with van der Waals surface area (Å²) in [6, 6.07) is 4.47. The molecule has 0 fully saturated rings. The number of carboxylic acids is 1. The monoisotopic (exact) mass is 296 g/mol. The summed E-state index contributed by atoms with van der Waals surface area (Å²) in [7, 11) is 3.02. The third-order valence-electron chi connectivity index (χ3n) is 2.96. The molecule has 1 atom stereocenters. The molecule has 0 bridgehead atoms. The summed E-state index contributed by atoms with van der Waals surface area (Å²) in [6.07, 6.45) is 0.447. The molecule has 0 aliphatic rings. The number of ether oxygens (including phenoxy) is 2. The number of carbonyl (C=O) groups excluding carboxylic acids is 1. The van der Waals surface area contributed by atoms with Crippen molar-refractivity contribution in [3.8, 4) is 11.5 Å². The van der Waals surface area contributed by atoms with Gasteiger partial charge in [-0.1, -0.05) is 6.92 Å². The van der Waals surface area contributed by atoms with Crippen LogP contribution in [0.25, 0.3) is 0 Å². The summed E-state index contributed by atoms with van der Waals surface area (Å²) in [6.45, 7) is 1.82. The Balaban J connectivity index is 2.64. The van der Waals surface area contributed by atoms with Crippen molar-refractivity contribution in [3.05, 3.63) is 18.2 Å². The van der Waals surface area contributed by atoms with Crippen LogP contribution in [0.1, 0.15) is 13.3 Å². The summed E-state index contributed by atoms with van der Waals surface area (Å²) in [5.74, 6) is -0.445. The van der Waals surface area contributed by atoms with Crippen LogP contribution in [-0.2, 0) is 4.79 Å². The Morgan fingerprint density at radius 2 is 1.76 bits per heavy atom. The number of methoxy groups -OCH3 is 2. The molecule has 2 amide bonds. The SMILES string of the molecule is CCC(CNC(=O)Nc1cc(OC)cc(OC)c1)C(=O)O. The largest absolute Gasteiger partial charge is 0.497 e. The summed E-state index contributed by atoms with van der Waals surface area (Å²) in [5, 5.41) is 14.0. The topological polar surface area (TPSA) is 96.9 Å². The highest BCUT2D eigenvalue weighted by Gasteiger charge is 2.16. The van der Waals surface area contributed by atoms with Crippen LogP contribution in [0.4, 0.5) is 10.5 Å². The minimum absolute atomic E-state index is 0.0682. The van der Waals surface area contributed by atoms with Gasteiger partial charge in [-0.05, 0) is 6.42 Å². The molecular weight excluding hydrogens is 276 g/mol. The molecule has 0 aliphatic heterocycles. The molecular formula is C14H20N2O5. The van der Waals surface area contributed by atoms with Gasteiger partial charge in [0.15, 0.2) is 0 Å². The molecule has 1 aromatic rings. The van der Waals surface area contributed by atoms with E-state index in [1.807, 2.05) is 0 Å². The average molecular weight is 296 g/mol. The van der Waals surface area contributed by atoms with E-state index in [1.54, 1.807) is 25.1 Å². The Morgan fingerprint density at radius 3 is 2.19 bits per heavy atom. The molecule has 0 radical (unpaired) electrons. The number of carbonyl (C=O) groups is 2. The summed E-state index contributed by atoms with van der Waals surface area (Å²) >= 11 is 0. The van der Waals surface area contributed by atoms with Crippen molar-refractivity contribution < 1.29 is 24.2 Å². The molecule has 1 rings (SSSR count). The van der Waals surface area contributed by atoms with Gasteiger partial charge in [0, 0.05) is 30.4 Å². The zero-order valence-electron chi connectivity index (χ0n) is 12.3. The predicted molar refractivity (Wildman–Crippen MR) is 78.0 cm³/mol. The van der Waals surface area contributed by atoms with Crippen LogP contribution in [0, 0.1) is 5.92 Å². The number of hydrogen-bond acceptors (Lipinski definition) is 4. The zero-order valence-corrected chi connectivity index (χ0v) is 12.3. The predicted octanol–water partition coefficient (Wildman–Crippen LogP) is 1.94. The van der Waals surface area contributed by atoms with Gasteiger partial charge in [-0.15, -0.1) is 0 Å². The van der Waals surface area contributed by atoms with Crippen LogP contribution >= 0.6 is 0 Å². The van der Waals surface area contributed by atoms with E-state index in [4.69, 9.17) is 14.6 Å². The van der Waals surface area contributed by atoms with E-state index < -0.39 is 17.9 Å². The van der Waals surface area contributed by atoms with E-state index in [0.717, 1.165) is 0 Å². The lowest BCUT2D eigenvalue weighted by Gasteiger charge is -2.13. The molecule has 0 aliphatic carbocycles. The maximum absolute atomic E-state index is 11.8. The maximum atomic E-state index is 11.8. The lowest BCUT2D eigenvalue weighted by atomic mass is 10.1. The van der Waals surface area contributed by atoms with E-state index >= 15 is 0 Å². The van der Waals surface area contributed by atoms with Gasteiger partial charge in [0.25, 0.3) is 0 Å². The van der Waals surface area contributed by atoms with Gasteiger partial charge in [0.1, 0.15) is 11.5 Å². The first-order valence-corrected chi connectivity index (χ1v) is 6.50. The second-order valence-electron chi connectivity index (χ2n) is 4.38. The van der Waals surface area contributed by atoms with Crippen LogP contribution in [0.2, 0.25) is 0 Å². The fourth-order valence-electron chi connectivity index (χ4n) is 1.68. The molecule has 0 heterocycles. The molecule has 3 N–H and O–H groups in total. The van der Waals surface area contributed by atoms with Crippen molar-refractivity contribution in [2.75, 3.05) is 26.1 Å². The highest BCUT2D eigenvalue weighted by Crippen LogP contribution is 2.25. The molecule has 0 saturated carbocycles. The smallest absolute Gasteiger partial charge is 0.319 e. The average Bonchev–Trinajstić information content (AvgIpc) is 2.46. The first-order valence-electron chi connectivity index (χ1n) is 6.50. The Kier molecular flexibility index (Phi) is 6.32. The molecule has 0 aromatic heterocycles. The molecule has 116 valence electrons. The molecule has 7 nitrogen and oxygen atoms in total. The molecule has 1 aromatic carbocycles. The van der Waals surface area contributed by atoms with Crippen molar-refractivity contribution in [2.45, 2.75) is 13.3 Å². The van der Waals surface area contributed by atoms with Crippen molar-refractivity contribution in [2.24, 2.45) is 5.92 Å². The fourth-order valence-corrected chi connectivity index (χ4v) is 1.68. The quantitative estimate of drug-likeness (QED) is 0.714. The van der Waals surface area contributed by atoms with Crippen molar-refractivity contribution in [1.29, 1.82) is 0 Å². The molecule has 7 heteroatoms. The van der Waals surface area contributed by atoms with Crippen LogP contribution in [0.5, 0.6) is 11.5 Å². The van der Waals surface area contributed by atoms with Gasteiger partial charge in [-0.2, -0.15) is 0 Å². The zero-order chi connectivity index (χ0) is 15.8. The molecule has 1 unspecified atom stereocenters. The third kappa shape index (κ3) is 5.21. The van der Waals surface area contributed by atoms with E-state index in [9.17, 15) is 9.59 Å². The van der Waals surface area contributed by atoms with Gasteiger partial charge >= 0.3 is 12.0 Å². The number of nitrogens with one attached hydrogen (secondary N) is 2. The number of hydrogen-bond donors (Lipinski definition) is 3. The van der Waals surface area contributed by atoms with Crippen LogP contribution in [0.3, 0.4) is 0 Å². The van der Waals surface area contributed by atoms with Gasteiger partial charge in [-0.25, -0.2) is 4.79 Å². The summed E-state index contributed by atoms with van der Waals surface area (Å²) < 4.78 is 10.2. The minimum atomic E-state index is -0.930. The molecule has 0 saturated heterocycles. The first-order chi connectivity index (χ1) is 9.99. The van der Waals surface area contributed by atoms with E-state index in [1.165, 1.54) is 14.2 Å². The van der Waals surface area contributed by atoms with E-state index in [2.05, 4.69) is 10.6 Å². The number of anilines is 1. The molecule has 0 spiro atoms. The van der Waals surface area contributed by atoms with Crippen LogP contribution < -0.4 is 20.1 Å². The Hall–Kier alpha value is -2.44. The normalized spacial score (nSPS) is 11.4. The highest BCUT2D eigenvalue weighted by molar-refractivity contribution is 5.90. The second kappa shape index (κ2) is 7.98. The van der Waals surface area contributed by atoms with Crippen LogP contribution in [-0.4, -0.2) is 37.9 Å². The standard InChI is InChI=1S/C14H20N2O5/c1-4-9(13(17)18)8-15-14(19)16-10-5-11(20-2)7-12(6-10)21-3/h5-7,9H,4,8H2,1-3H3,(H,17,18)(H2,15,16,19). The van der Waals surface area contributed by atoms with Crippen molar-refractivity contribution >= 4 is 17.7 Å². The number of benzene rings is 1. The number of carboxylic acid groups (broad SMARTS) is 1. The lowest BCUT2D eigenvalue weighted by molar-refractivity contribution is -0.141. The minimum Gasteiger partial charge on any atom is -0.497 e. The first kappa shape index (κ1) is 16.6. The lowest BCUT2D eigenvalue weighted by Crippen LogP contribution is -2.35. The Bertz CT molecular complexity index is 482. The Labute approximate surface area is 123 Å². The fraction of sp³-hybridized carbons (Fsp3) is 0.429. The number of rotatable bonds is 7. The third-order valence-corrected chi connectivity index (χ3v) is 2.96. The van der Waals surface area contributed by atoms with Gasteiger partial charge < -0.3 is 25.2 Å². The van der Waals surface area contributed by atoms with E-state index in [0.29, 0.717) is 23.6 Å². The second-order valence-corrected chi connectivity index (χ2v) is 4.38. The van der Waals surface area contributed by atoms with Crippen LogP contribution in [0.15, 0.2) is 18.2 Å². The molecule has 21 heavy (non-hydrogen) atoms. The van der Waals surface area contributed by atoms with Crippen molar-refractivity contribution in [3.63, 3.8) is 0 Å². The number of urea groups is 1. The van der Waals surface area contributed by atoms with Crippen molar-refractivity contribution in [1.82, 2.24) is 5.32 Å². The summed E-state index contributed by atoms with van der Waals surface area (Å²) in [5.41, 5.74) is 0.493.